The van der Waals surface area contributed by atoms with Crippen molar-refractivity contribution in [2.75, 3.05) is 45.2 Å². The lowest BCUT2D eigenvalue weighted by molar-refractivity contribution is 0.0928. The molecule has 1 saturated heterocycles. The summed E-state index contributed by atoms with van der Waals surface area (Å²) in [6, 6.07) is 16.6. The minimum absolute atomic E-state index is 0.231. The molecule has 45 heavy (non-hydrogen) atoms. The van der Waals surface area contributed by atoms with Gasteiger partial charge < -0.3 is 15.0 Å². The Morgan fingerprint density at radius 3 is 2.78 bits per heavy atom. The first-order valence-corrected chi connectivity index (χ1v) is 16.2. The third-order valence-electron chi connectivity index (χ3n) is 9.55. The number of carbonyl (C=O) groups excluding carboxylic acids is 1. The van der Waals surface area contributed by atoms with Gasteiger partial charge >= 0.3 is 0 Å². The first-order chi connectivity index (χ1) is 21.9. The number of hydrogen-bond acceptors (Lipinski definition) is 7. The number of hydrogen-bond donors (Lipinski definition) is 1. The van der Waals surface area contributed by atoms with Gasteiger partial charge in [0, 0.05) is 61.5 Å². The molecule has 0 radical (unpaired) electrons. The Hall–Kier alpha value is -4.28. The molecule has 10 nitrogen and oxygen atoms in total. The number of aryl methyl sites for hydroxylation is 1. The molecule has 5 aromatic rings. The van der Waals surface area contributed by atoms with E-state index in [9.17, 15) is 4.79 Å². The molecular formula is C35H42N8O2. The quantitative estimate of drug-likeness (QED) is 0.242. The highest BCUT2D eigenvalue weighted by Gasteiger charge is 2.22. The second kappa shape index (κ2) is 12.6. The molecule has 1 aliphatic carbocycles. The van der Waals surface area contributed by atoms with Crippen molar-refractivity contribution >= 4 is 28.1 Å². The minimum atomic E-state index is -0.231. The van der Waals surface area contributed by atoms with E-state index in [1.165, 1.54) is 31.4 Å². The molecule has 2 fully saturated rings. The Bertz CT molecular complexity index is 1820. The van der Waals surface area contributed by atoms with Crippen LogP contribution < -0.4 is 10.1 Å². The van der Waals surface area contributed by atoms with Crippen molar-refractivity contribution in [1.29, 1.82) is 0 Å². The van der Waals surface area contributed by atoms with Crippen molar-refractivity contribution < 1.29 is 9.53 Å². The molecule has 0 unspecified atom stereocenters. The largest absolute Gasteiger partial charge is 0.492 e. The van der Waals surface area contributed by atoms with E-state index in [-0.39, 0.29) is 5.91 Å². The van der Waals surface area contributed by atoms with Gasteiger partial charge in [-0.15, -0.1) is 0 Å². The highest BCUT2D eigenvalue weighted by Crippen LogP contribution is 2.33. The van der Waals surface area contributed by atoms with Gasteiger partial charge in [-0.2, -0.15) is 5.10 Å². The number of fused-ring (bicyclic) bond motifs is 2. The van der Waals surface area contributed by atoms with Crippen LogP contribution in [0.15, 0.2) is 60.9 Å². The summed E-state index contributed by atoms with van der Waals surface area (Å²) in [6.07, 6.45) is 8.48. The predicted octanol–water partition coefficient (Wildman–Crippen LogP) is 5.36. The Balaban J connectivity index is 1.04. The van der Waals surface area contributed by atoms with Crippen LogP contribution in [-0.2, 0) is 6.54 Å². The van der Waals surface area contributed by atoms with Crippen LogP contribution in [0.25, 0.3) is 16.6 Å². The van der Waals surface area contributed by atoms with Gasteiger partial charge in [0.2, 0.25) is 0 Å². The topological polar surface area (TPSA) is 92.8 Å². The second-order valence-electron chi connectivity index (χ2n) is 12.6. The summed E-state index contributed by atoms with van der Waals surface area (Å²) in [5.74, 6) is 1.09. The van der Waals surface area contributed by atoms with Crippen LogP contribution in [0.3, 0.4) is 0 Å². The number of nitrogens with one attached hydrogen (secondary N) is 1. The van der Waals surface area contributed by atoms with Crippen molar-refractivity contribution in [2.45, 2.75) is 58.0 Å². The highest BCUT2D eigenvalue weighted by atomic mass is 16.5. The standard InChI is InChI=1S/C35H42N8O2/c1-24-22-41(17-16-40(24)3)18-19-45-28-14-15-42-32(21-36-33(42)20-28)35(44)38-30-12-7-13-31-34(30)25(2)39-43(31)23-27-10-6-11-29(37-27)26-8-4-5-9-26/h6-7,10-15,20-21,24,26H,4-5,8-9,16-19,22-23H2,1-3H3,(H,38,44)/t24-/m0/s1. The Morgan fingerprint density at radius 2 is 1.93 bits per heavy atom. The number of likely N-dealkylation sites (N-methyl/N-ethyl adjacent to an activating group) is 1. The Labute approximate surface area is 264 Å². The number of aromatic nitrogens is 5. The molecule has 1 aliphatic heterocycles. The lowest BCUT2D eigenvalue weighted by Gasteiger charge is -2.37. The fourth-order valence-corrected chi connectivity index (χ4v) is 6.86. The molecule has 4 aromatic heterocycles. The number of ether oxygens (including phenoxy) is 1. The van der Waals surface area contributed by atoms with Crippen LogP contribution in [0, 0.1) is 6.92 Å². The van der Waals surface area contributed by atoms with Gasteiger partial charge in [-0.1, -0.05) is 25.0 Å². The second-order valence-corrected chi connectivity index (χ2v) is 12.6. The number of carbonyl (C=O) groups is 1. The summed E-state index contributed by atoms with van der Waals surface area (Å²) in [5, 5.41) is 8.91. The van der Waals surface area contributed by atoms with Gasteiger partial charge in [0.15, 0.2) is 0 Å². The van der Waals surface area contributed by atoms with Gasteiger partial charge in [-0.3, -0.25) is 23.8 Å². The maximum atomic E-state index is 13.5. The van der Waals surface area contributed by atoms with E-state index in [2.05, 4.69) is 52.3 Å². The molecule has 5 heterocycles. The summed E-state index contributed by atoms with van der Waals surface area (Å²) < 4.78 is 9.84. The number of rotatable bonds is 9. The molecular weight excluding hydrogens is 564 g/mol. The number of benzene rings is 1. The van der Waals surface area contributed by atoms with Crippen molar-refractivity contribution in [2.24, 2.45) is 0 Å². The van der Waals surface area contributed by atoms with E-state index >= 15 is 0 Å². The zero-order valence-electron chi connectivity index (χ0n) is 26.4. The molecule has 1 N–H and O–H groups in total. The molecule has 10 heteroatoms. The van der Waals surface area contributed by atoms with Crippen LogP contribution in [-0.4, -0.2) is 85.7 Å². The predicted molar refractivity (Wildman–Crippen MR) is 176 cm³/mol. The zero-order valence-corrected chi connectivity index (χ0v) is 26.4. The lowest BCUT2D eigenvalue weighted by Crippen LogP contribution is -2.50. The molecule has 2 aliphatic rings. The molecule has 1 amide bonds. The SMILES string of the molecule is Cc1nn(Cc2cccc(C3CCCC3)n2)c2cccc(NC(=O)c3cnc4cc(OCCN5CCN(C)[C@@H](C)C5)ccn34)c12. The van der Waals surface area contributed by atoms with Crippen molar-refractivity contribution in [1.82, 2.24) is 33.9 Å². The summed E-state index contributed by atoms with van der Waals surface area (Å²) in [5.41, 5.74) is 5.86. The number of amides is 1. The fourth-order valence-electron chi connectivity index (χ4n) is 6.86. The molecule has 0 spiro atoms. The first kappa shape index (κ1) is 29.4. The smallest absolute Gasteiger partial charge is 0.274 e. The Kier molecular flexibility index (Phi) is 8.25. The van der Waals surface area contributed by atoms with E-state index in [1.807, 2.05) is 48.1 Å². The third-order valence-corrected chi connectivity index (χ3v) is 9.55. The van der Waals surface area contributed by atoms with Gasteiger partial charge in [0.05, 0.1) is 35.3 Å². The van der Waals surface area contributed by atoms with Crippen LogP contribution in [0.1, 0.15) is 66.1 Å². The van der Waals surface area contributed by atoms with Crippen molar-refractivity contribution in [3.8, 4) is 5.75 Å². The van der Waals surface area contributed by atoms with Crippen LogP contribution >= 0.6 is 0 Å². The summed E-state index contributed by atoms with van der Waals surface area (Å²) >= 11 is 0. The fraction of sp³-hybridized carbons (Fsp3) is 0.429. The van der Waals surface area contributed by atoms with Gasteiger partial charge in [-0.05, 0) is 64.1 Å². The maximum absolute atomic E-state index is 13.5. The monoisotopic (exact) mass is 606 g/mol. The third kappa shape index (κ3) is 6.17. The van der Waals surface area contributed by atoms with Gasteiger partial charge in [0.1, 0.15) is 23.7 Å². The minimum Gasteiger partial charge on any atom is -0.492 e. The first-order valence-electron chi connectivity index (χ1n) is 16.2. The Morgan fingerprint density at radius 1 is 1.09 bits per heavy atom. The molecule has 234 valence electrons. The number of anilines is 1. The van der Waals surface area contributed by atoms with E-state index in [0.717, 1.165) is 59.9 Å². The number of nitrogens with zero attached hydrogens (tertiary/aromatic N) is 7. The van der Waals surface area contributed by atoms with E-state index in [1.54, 1.807) is 10.6 Å². The van der Waals surface area contributed by atoms with E-state index in [4.69, 9.17) is 14.8 Å². The summed E-state index contributed by atoms with van der Waals surface area (Å²) in [7, 11) is 2.18. The van der Waals surface area contributed by atoms with E-state index in [0.29, 0.717) is 36.5 Å². The van der Waals surface area contributed by atoms with Crippen LogP contribution in [0.4, 0.5) is 5.69 Å². The van der Waals surface area contributed by atoms with Gasteiger partial charge in [0.25, 0.3) is 5.91 Å². The molecule has 1 atom stereocenters. The normalized spacial score (nSPS) is 18.2. The number of imidazole rings is 1. The number of piperazine rings is 1. The lowest BCUT2D eigenvalue weighted by atomic mass is 10.0. The zero-order chi connectivity index (χ0) is 30.9. The number of pyridine rings is 2. The van der Waals surface area contributed by atoms with Crippen molar-refractivity contribution in [3.05, 3.63) is 83.7 Å². The summed E-state index contributed by atoms with van der Waals surface area (Å²) in [6.45, 7) is 9.51. The molecule has 1 aromatic carbocycles. The summed E-state index contributed by atoms with van der Waals surface area (Å²) in [4.78, 5) is 27.9. The van der Waals surface area contributed by atoms with E-state index < -0.39 is 0 Å². The molecule has 7 rings (SSSR count). The highest BCUT2D eigenvalue weighted by molar-refractivity contribution is 6.08. The molecule has 1 saturated carbocycles. The maximum Gasteiger partial charge on any atom is 0.274 e. The van der Waals surface area contributed by atoms with Crippen molar-refractivity contribution in [3.63, 3.8) is 0 Å². The molecule has 0 bridgehead atoms. The van der Waals surface area contributed by atoms with Crippen LogP contribution in [0.2, 0.25) is 0 Å². The van der Waals surface area contributed by atoms with Gasteiger partial charge in [-0.25, -0.2) is 4.98 Å². The average Bonchev–Trinajstić information content (AvgIpc) is 3.79. The van der Waals surface area contributed by atoms with Crippen LogP contribution in [0.5, 0.6) is 5.75 Å². The average molecular weight is 607 g/mol.